The fraction of sp³-hybridized carbons (Fsp3) is 0.0870. The molecule has 4 rings (SSSR count). The smallest absolute Gasteiger partial charge is 0.171 e. The van der Waals surface area contributed by atoms with Crippen molar-refractivity contribution in [2.75, 3.05) is 0 Å². The van der Waals surface area contributed by atoms with Crippen LogP contribution in [0.25, 0.3) is 5.70 Å². The summed E-state index contributed by atoms with van der Waals surface area (Å²) in [5, 5.41) is 7.77. The molecule has 3 aromatic rings. The number of ether oxygens (including phenoxy) is 1. The first-order valence-electron chi connectivity index (χ1n) is 9.00. The first kappa shape index (κ1) is 18.5. The Morgan fingerprint density at radius 1 is 0.893 bits per heavy atom. The van der Waals surface area contributed by atoms with Gasteiger partial charge in [-0.3, -0.25) is 0 Å². The van der Waals surface area contributed by atoms with Gasteiger partial charge in [0.15, 0.2) is 5.11 Å². The molecular formula is C23H19ClN2OS. The maximum absolute atomic E-state index is 6.36. The maximum Gasteiger partial charge on any atom is 0.171 e. The van der Waals surface area contributed by atoms with Crippen molar-refractivity contribution in [2.24, 2.45) is 0 Å². The SMILES string of the molecule is S=C1NC(c2ccc(OCc3ccccc3)cc2)=CC(c2ccccc2Cl)N1. The summed E-state index contributed by atoms with van der Waals surface area (Å²) in [6.45, 7) is 0.545. The molecule has 3 aromatic carbocycles. The molecule has 1 heterocycles. The minimum atomic E-state index is -0.0774. The van der Waals surface area contributed by atoms with Gasteiger partial charge in [-0.2, -0.15) is 0 Å². The topological polar surface area (TPSA) is 33.3 Å². The van der Waals surface area contributed by atoms with Gasteiger partial charge < -0.3 is 15.4 Å². The number of halogens is 1. The van der Waals surface area contributed by atoms with Gasteiger partial charge in [-0.05, 0) is 65.3 Å². The van der Waals surface area contributed by atoms with E-state index in [2.05, 4.69) is 16.7 Å². The molecule has 2 N–H and O–H groups in total. The highest BCUT2D eigenvalue weighted by atomic mass is 35.5. The van der Waals surface area contributed by atoms with Crippen LogP contribution in [0.15, 0.2) is 84.9 Å². The molecule has 0 saturated heterocycles. The molecule has 0 aliphatic carbocycles. The summed E-state index contributed by atoms with van der Waals surface area (Å²) in [7, 11) is 0. The Bertz CT molecular complexity index is 1000. The Morgan fingerprint density at radius 2 is 1.61 bits per heavy atom. The monoisotopic (exact) mass is 406 g/mol. The number of rotatable bonds is 5. The lowest BCUT2D eigenvalue weighted by Crippen LogP contribution is -2.40. The Balaban J connectivity index is 1.51. The highest BCUT2D eigenvalue weighted by molar-refractivity contribution is 7.80. The molecule has 0 radical (unpaired) electrons. The molecule has 1 aliphatic rings. The van der Waals surface area contributed by atoms with E-state index in [0.717, 1.165) is 28.1 Å². The van der Waals surface area contributed by atoms with Crippen LogP contribution in [-0.4, -0.2) is 5.11 Å². The van der Waals surface area contributed by atoms with Crippen LogP contribution in [-0.2, 0) is 6.61 Å². The van der Waals surface area contributed by atoms with E-state index in [4.69, 9.17) is 28.6 Å². The van der Waals surface area contributed by atoms with Crippen LogP contribution in [0.1, 0.15) is 22.7 Å². The highest BCUT2D eigenvalue weighted by Gasteiger charge is 2.20. The predicted octanol–water partition coefficient (Wildman–Crippen LogP) is 5.48. The first-order chi connectivity index (χ1) is 13.7. The Morgan fingerprint density at radius 3 is 2.36 bits per heavy atom. The molecule has 1 unspecified atom stereocenters. The van der Waals surface area contributed by atoms with Gasteiger partial charge in [0.25, 0.3) is 0 Å². The van der Waals surface area contributed by atoms with Gasteiger partial charge in [-0.1, -0.05) is 60.1 Å². The Labute approximate surface area is 175 Å². The molecule has 0 fully saturated rings. The van der Waals surface area contributed by atoms with E-state index in [1.54, 1.807) is 0 Å². The molecule has 0 amide bonds. The maximum atomic E-state index is 6.36. The second-order valence-electron chi connectivity index (χ2n) is 6.48. The van der Waals surface area contributed by atoms with Gasteiger partial charge in [0.05, 0.1) is 6.04 Å². The number of hydrogen-bond donors (Lipinski definition) is 2. The lowest BCUT2D eigenvalue weighted by atomic mass is 10.0. The van der Waals surface area contributed by atoms with Crippen molar-refractivity contribution in [3.8, 4) is 5.75 Å². The fourth-order valence-corrected chi connectivity index (χ4v) is 3.57. The van der Waals surface area contributed by atoms with Gasteiger partial charge in [0.2, 0.25) is 0 Å². The molecule has 0 saturated carbocycles. The van der Waals surface area contributed by atoms with Crippen LogP contribution >= 0.6 is 23.8 Å². The standard InChI is InChI=1S/C23H19ClN2OS/c24-20-9-5-4-8-19(20)22-14-21(25-23(28)26-22)17-10-12-18(13-11-17)27-15-16-6-2-1-3-7-16/h1-14,22H,15H2,(H2,25,26,28). The second-order valence-corrected chi connectivity index (χ2v) is 7.29. The van der Waals surface area contributed by atoms with Crippen molar-refractivity contribution in [2.45, 2.75) is 12.6 Å². The summed E-state index contributed by atoms with van der Waals surface area (Å²) in [5.74, 6) is 0.826. The van der Waals surface area contributed by atoms with Gasteiger partial charge in [-0.15, -0.1) is 0 Å². The Kier molecular flexibility index (Phi) is 5.60. The van der Waals surface area contributed by atoms with Crippen molar-refractivity contribution in [1.82, 2.24) is 10.6 Å². The average molecular weight is 407 g/mol. The van der Waals surface area contributed by atoms with E-state index in [9.17, 15) is 0 Å². The summed E-state index contributed by atoms with van der Waals surface area (Å²) in [6, 6.07) is 25.8. The zero-order chi connectivity index (χ0) is 19.3. The summed E-state index contributed by atoms with van der Waals surface area (Å²) in [6.07, 6.45) is 2.09. The van der Waals surface area contributed by atoms with Crippen LogP contribution < -0.4 is 15.4 Å². The summed E-state index contributed by atoms with van der Waals surface area (Å²) in [5.41, 5.74) is 4.12. The van der Waals surface area contributed by atoms with E-state index in [1.165, 1.54) is 0 Å². The molecule has 0 bridgehead atoms. The third kappa shape index (κ3) is 4.35. The van der Waals surface area contributed by atoms with Gasteiger partial charge in [0, 0.05) is 10.7 Å². The normalized spacial score (nSPS) is 16.0. The first-order valence-corrected chi connectivity index (χ1v) is 9.78. The Hall–Kier alpha value is -2.82. The summed E-state index contributed by atoms with van der Waals surface area (Å²) < 4.78 is 5.87. The van der Waals surface area contributed by atoms with E-state index in [0.29, 0.717) is 16.7 Å². The lowest BCUT2D eigenvalue weighted by Gasteiger charge is -2.27. The zero-order valence-corrected chi connectivity index (χ0v) is 16.6. The highest BCUT2D eigenvalue weighted by Crippen LogP contribution is 2.28. The number of thiocarbonyl (C=S) groups is 1. The quantitative estimate of drug-likeness (QED) is 0.550. The molecule has 3 nitrogen and oxygen atoms in total. The van der Waals surface area contributed by atoms with Crippen molar-refractivity contribution in [3.05, 3.63) is 107 Å². The molecule has 0 aromatic heterocycles. The molecule has 1 atom stereocenters. The van der Waals surface area contributed by atoms with E-state index < -0.39 is 0 Å². The van der Waals surface area contributed by atoms with Crippen LogP contribution in [0.3, 0.4) is 0 Å². The van der Waals surface area contributed by atoms with E-state index in [-0.39, 0.29) is 6.04 Å². The molecule has 1 aliphatic heterocycles. The van der Waals surface area contributed by atoms with Crippen LogP contribution in [0.4, 0.5) is 0 Å². The second kappa shape index (κ2) is 8.46. The summed E-state index contributed by atoms with van der Waals surface area (Å²) >= 11 is 11.7. The molecule has 28 heavy (non-hydrogen) atoms. The van der Waals surface area contributed by atoms with Crippen molar-refractivity contribution in [1.29, 1.82) is 0 Å². The average Bonchev–Trinajstić information content (AvgIpc) is 2.73. The fourth-order valence-electron chi connectivity index (χ4n) is 3.08. The van der Waals surface area contributed by atoms with Gasteiger partial charge in [-0.25, -0.2) is 0 Å². The largest absolute Gasteiger partial charge is 0.489 e. The number of benzene rings is 3. The summed E-state index contributed by atoms with van der Waals surface area (Å²) in [4.78, 5) is 0. The number of hydrogen-bond acceptors (Lipinski definition) is 2. The van der Waals surface area contributed by atoms with E-state index >= 15 is 0 Å². The van der Waals surface area contributed by atoms with Crippen LogP contribution in [0, 0.1) is 0 Å². The van der Waals surface area contributed by atoms with Gasteiger partial charge >= 0.3 is 0 Å². The lowest BCUT2D eigenvalue weighted by molar-refractivity contribution is 0.306. The zero-order valence-electron chi connectivity index (χ0n) is 15.1. The molecular weight excluding hydrogens is 388 g/mol. The predicted molar refractivity (Wildman–Crippen MR) is 118 cm³/mol. The van der Waals surface area contributed by atoms with Crippen molar-refractivity contribution < 1.29 is 4.74 Å². The van der Waals surface area contributed by atoms with Gasteiger partial charge in [0.1, 0.15) is 12.4 Å². The molecule has 140 valence electrons. The van der Waals surface area contributed by atoms with Crippen LogP contribution in [0.5, 0.6) is 5.75 Å². The third-order valence-electron chi connectivity index (χ3n) is 4.52. The third-order valence-corrected chi connectivity index (χ3v) is 5.09. The number of nitrogens with one attached hydrogen (secondary N) is 2. The van der Waals surface area contributed by atoms with Crippen molar-refractivity contribution in [3.63, 3.8) is 0 Å². The van der Waals surface area contributed by atoms with Crippen LogP contribution in [0.2, 0.25) is 5.02 Å². The van der Waals surface area contributed by atoms with Crippen molar-refractivity contribution >= 4 is 34.6 Å². The van der Waals surface area contributed by atoms with E-state index in [1.807, 2.05) is 78.9 Å². The molecule has 5 heteroatoms. The molecule has 0 spiro atoms. The minimum absolute atomic E-state index is 0.0774. The minimum Gasteiger partial charge on any atom is -0.489 e.